The summed E-state index contributed by atoms with van der Waals surface area (Å²) < 4.78 is 0. The SMILES string of the molecule is CCN.Nc1cccc2ccccc12. The fourth-order valence-electron chi connectivity index (χ4n) is 1.25. The molecule has 2 aromatic rings. The van der Waals surface area contributed by atoms with E-state index in [1.807, 2.05) is 37.3 Å². The molecule has 2 aromatic carbocycles. The van der Waals surface area contributed by atoms with Gasteiger partial charge >= 0.3 is 0 Å². The van der Waals surface area contributed by atoms with Crippen LogP contribution in [0, 0.1) is 0 Å². The molecule has 0 aromatic heterocycles. The maximum Gasteiger partial charge on any atom is 0.0393 e. The first-order valence-electron chi connectivity index (χ1n) is 4.73. The average Bonchev–Trinajstić information content (AvgIpc) is 2.20. The van der Waals surface area contributed by atoms with Crippen LogP contribution >= 0.6 is 0 Å². The molecule has 0 fully saturated rings. The zero-order chi connectivity index (χ0) is 10.4. The molecule has 2 rings (SSSR count). The monoisotopic (exact) mass is 188 g/mol. The molecule has 0 saturated heterocycles. The summed E-state index contributed by atoms with van der Waals surface area (Å²) in [5.41, 5.74) is 11.5. The van der Waals surface area contributed by atoms with Crippen molar-refractivity contribution in [1.29, 1.82) is 0 Å². The number of rotatable bonds is 0. The van der Waals surface area contributed by atoms with E-state index in [1.54, 1.807) is 0 Å². The summed E-state index contributed by atoms with van der Waals surface area (Å²) in [6, 6.07) is 14.1. The van der Waals surface area contributed by atoms with Gasteiger partial charge in [0.15, 0.2) is 0 Å². The van der Waals surface area contributed by atoms with Crippen molar-refractivity contribution in [3.05, 3.63) is 42.5 Å². The van der Waals surface area contributed by atoms with Crippen molar-refractivity contribution in [3.8, 4) is 0 Å². The third kappa shape index (κ3) is 2.47. The predicted molar refractivity (Wildman–Crippen MR) is 63.1 cm³/mol. The molecular weight excluding hydrogens is 172 g/mol. The first-order valence-corrected chi connectivity index (χ1v) is 4.73. The van der Waals surface area contributed by atoms with Crippen molar-refractivity contribution in [2.75, 3.05) is 12.3 Å². The van der Waals surface area contributed by atoms with Crippen molar-refractivity contribution in [1.82, 2.24) is 0 Å². The Labute approximate surface area is 84.5 Å². The van der Waals surface area contributed by atoms with Crippen LogP contribution in [0.25, 0.3) is 10.8 Å². The van der Waals surface area contributed by atoms with Gasteiger partial charge < -0.3 is 11.5 Å². The molecule has 0 spiro atoms. The fraction of sp³-hybridized carbons (Fsp3) is 0.167. The minimum atomic E-state index is 0.750. The first-order chi connectivity index (χ1) is 6.79. The van der Waals surface area contributed by atoms with Gasteiger partial charge in [-0.2, -0.15) is 0 Å². The van der Waals surface area contributed by atoms with Crippen LogP contribution in [-0.4, -0.2) is 6.54 Å². The Balaban J connectivity index is 0.000000293. The lowest BCUT2D eigenvalue weighted by Crippen LogP contribution is -1.87. The molecule has 0 aliphatic heterocycles. The molecule has 0 radical (unpaired) electrons. The third-order valence-corrected chi connectivity index (χ3v) is 1.82. The highest BCUT2D eigenvalue weighted by molar-refractivity contribution is 5.92. The number of fused-ring (bicyclic) bond motifs is 1. The van der Waals surface area contributed by atoms with Gasteiger partial charge in [0.1, 0.15) is 0 Å². The molecular formula is C12H16N2. The maximum absolute atomic E-state index is 5.76. The summed E-state index contributed by atoms with van der Waals surface area (Å²) in [6.07, 6.45) is 0. The van der Waals surface area contributed by atoms with Gasteiger partial charge in [0.05, 0.1) is 0 Å². The second-order valence-electron chi connectivity index (χ2n) is 2.98. The second-order valence-corrected chi connectivity index (χ2v) is 2.98. The smallest absolute Gasteiger partial charge is 0.0393 e. The van der Waals surface area contributed by atoms with E-state index in [4.69, 9.17) is 11.5 Å². The average molecular weight is 188 g/mol. The summed E-state index contributed by atoms with van der Waals surface area (Å²) in [4.78, 5) is 0. The molecule has 4 N–H and O–H groups in total. The normalized spacial score (nSPS) is 9.29. The van der Waals surface area contributed by atoms with Crippen LogP contribution in [0.4, 0.5) is 5.69 Å². The molecule has 0 unspecified atom stereocenters. The summed E-state index contributed by atoms with van der Waals surface area (Å²) >= 11 is 0. The van der Waals surface area contributed by atoms with E-state index in [0.29, 0.717) is 0 Å². The number of nitrogens with two attached hydrogens (primary N) is 2. The lowest BCUT2D eigenvalue weighted by atomic mass is 10.1. The Morgan fingerprint density at radius 1 is 1.00 bits per heavy atom. The van der Waals surface area contributed by atoms with E-state index in [0.717, 1.165) is 17.6 Å². The Bertz CT molecular complexity index is 391. The van der Waals surface area contributed by atoms with Crippen LogP contribution < -0.4 is 11.5 Å². The lowest BCUT2D eigenvalue weighted by Gasteiger charge is -1.98. The Morgan fingerprint density at radius 3 is 2.21 bits per heavy atom. The Morgan fingerprint density at radius 2 is 1.57 bits per heavy atom. The van der Waals surface area contributed by atoms with Gasteiger partial charge in [-0.3, -0.25) is 0 Å². The molecule has 14 heavy (non-hydrogen) atoms. The van der Waals surface area contributed by atoms with Gasteiger partial charge in [0.25, 0.3) is 0 Å². The Hall–Kier alpha value is -1.54. The highest BCUT2D eigenvalue weighted by Gasteiger charge is 1.92. The summed E-state index contributed by atoms with van der Waals surface area (Å²) in [5.74, 6) is 0. The van der Waals surface area contributed by atoms with Crippen molar-refractivity contribution in [3.63, 3.8) is 0 Å². The van der Waals surface area contributed by atoms with Crippen molar-refractivity contribution < 1.29 is 0 Å². The standard InChI is InChI=1S/C10H9N.C2H7N/c11-10-7-3-5-8-4-1-2-6-9(8)10;1-2-3/h1-7H,11H2;2-3H2,1H3. The van der Waals surface area contributed by atoms with E-state index >= 15 is 0 Å². The van der Waals surface area contributed by atoms with Gasteiger partial charge in [-0.05, 0) is 18.0 Å². The summed E-state index contributed by atoms with van der Waals surface area (Å²) in [6.45, 7) is 2.65. The van der Waals surface area contributed by atoms with Crippen molar-refractivity contribution >= 4 is 16.5 Å². The van der Waals surface area contributed by atoms with E-state index in [-0.39, 0.29) is 0 Å². The zero-order valence-corrected chi connectivity index (χ0v) is 8.40. The maximum atomic E-state index is 5.76. The topological polar surface area (TPSA) is 52.0 Å². The lowest BCUT2D eigenvalue weighted by molar-refractivity contribution is 1.14. The van der Waals surface area contributed by atoms with E-state index in [9.17, 15) is 0 Å². The first kappa shape index (κ1) is 10.5. The van der Waals surface area contributed by atoms with Crippen LogP contribution in [0.15, 0.2) is 42.5 Å². The molecule has 2 heteroatoms. The Kier molecular flexibility index (Phi) is 3.95. The molecule has 0 aliphatic rings. The van der Waals surface area contributed by atoms with Crippen molar-refractivity contribution in [2.45, 2.75) is 6.92 Å². The minimum Gasteiger partial charge on any atom is -0.398 e. The van der Waals surface area contributed by atoms with E-state index in [2.05, 4.69) is 12.1 Å². The molecule has 0 atom stereocenters. The second kappa shape index (κ2) is 5.25. The quantitative estimate of drug-likeness (QED) is 0.624. The largest absolute Gasteiger partial charge is 0.398 e. The van der Waals surface area contributed by atoms with Crippen molar-refractivity contribution in [2.24, 2.45) is 5.73 Å². The van der Waals surface area contributed by atoms with Crippen LogP contribution in [0.3, 0.4) is 0 Å². The molecule has 0 bridgehead atoms. The zero-order valence-electron chi connectivity index (χ0n) is 8.40. The van der Waals surface area contributed by atoms with E-state index in [1.165, 1.54) is 5.39 Å². The van der Waals surface area contributed by atoms with Gasteiger partial charge in [-0.25, -0.2) is 0 Å². The van der Waals surface area contributed by atoms with Crippen LogP contribution in [0.1, 0.15) is 6.92 Å². The van der Waals surface area contributed by atoms with Crippen LogP contribution in [-0.2, 0) is 0 Å². The molecule has 0 heterocycles. The summed E-state index contributed by atoms with van der Waals surface area (Å²) in [7, 11) is 0. The number of benzene rings is 2. The third-order valence-electron chi connectivity index (χ3n) is 1.82. The number of hydrogen-bond acceptors (Lipinski definition) is 2. The highest BCUT2D eigenvalue weighted by atomic mass is 14.5. The predicted octanol–water partition coefficient (Wildman–Crippen LogP) is 2.39. The van der Waals surface area contributed by atoms with Gasteiger partial charge in [0, 0.05) is 11.1 Å². The molecule has 74 valence electrons. The molecule has 0 amide bonds. The van der Waals surface area contributed by atoms with Crippen LogP contribution in [0.5, 0.6) is 0 Å². The molecule has 0 saturated carbocycles. The highest BCUT2D eigenvalue weighted by Crippen LogP contribution is 2.19. The fourth-order valence-corrected chi connectivity index (χ4v) is 1.25. The number of anilines is 1. The van der Waals surface area contributed by atoms with Gasteiger partial charge in [-0.15, -0.1) is 0 Å². The van der Waals surface area contributed by atoms with Gasteiger partial charge in [0.2, 0.25) is 0 Å². The number of hydrogen-bond donors (Lipinski definition) is 2. The van der Waals surface area contributed by atoms with E-state index < -0.39 is 0 Å². The van der Waals surface area contributed by atoms with Crippen LogP contribution in [0.2, 0.25) is 0 Å². The number of nitrogen functional groups attached to an aromatic ring is 1. The molecule has 0 aliphatic carbocycles. The molecule has 2 nitrogen and oxygen atoms in total. The minimum absolute atomic E-state index is 0.750. The summed E-state index contributed by atoms with van der Waals surface area (Å²) in [5, 5.41) is 2.34. The van der Waals surface area contributed by atoms with Gasteiger partial charge in [-0.1, -0.05) is 43.3 Å².